The van der Waals surface area contributed by atoms with Crippen LogP contribution in [-0.4, -0.2) is 57.1 Å². The quantitative estimate of drug-likeness (QED) is 0.355. The van der Waals surface area contributed by atoms with Gasteiger partial charge in [-0.1, -0.05) is 47.5 Å². The van der Waals surface area contributed by atoms with Gasteiger partial charge in [-0.15, -0.1) is 0 Å². The number of nitrogens with zero attached hydrogens (tertiary/aromatic N) is 3. The Morgan fingerprint density at radius 3 is 2.35 bits per heavy atom. The summed E-state index contributed by atoms with van der Waals surface area (Å²) in [7, 11) is -3.55. The molecule has 0 bridgehead atoms. The first kappa shape index (κ1) is 29.0. The number of carbonyl (C=O) groups is 1. The van der Waals surface area contributed by atoms with Gasteiger partial charge >= 0.3 is 0 Å². The van der Waals surface area contributed by atoms with Gasteiger partial charge in [0.25, 0.3) is 5.91 Å². The molecular formula is C29H34Cl2N4O4S. The summed E-state index contributed by atoms with van der Waals surface area (Å²) < 4.78 is 32.8. The highest BCUT2D eigenvalue weighted by Gasteiger charge is 2.52. The van der Waals surface area contributed by atoms with Gasteiger partial charge in [0.1, 0.15) is 23.9 Å². The Bertz CT molecular complexity index is 1480. The molecule has 2 heterocycles. The fourth-order valence-electron chi connectivity index (χ4n) is 5.26. The molecule has 0 radical (unpaired) electrons. The third-order valence-electron chi connectivity index (χ3n) is 7.68. The second kappa shape index (κ2) is 11.1. The van der Waals surface area contributed by atoms with Gasteiger partial charge in [0.2, 0.25) is 0 Å². The summed E-state index contributed by atoms with van der Waals surface area (Å²) >= 11 is 12.7. The number of carbonyl (C=O) groups excluding carboxylic acids is 1. The van der Waals surface area contributed by atoms with E-state index in [4.69, 9.17) is 27.9 Å². The highest BCUT2D eigenvalue weighted by Crippen LogP contribution is 2.48. The van der Waals surface area contributed by atoms with Crippen LogP contribution in [0.15, 0.2) is 48.5 Å². The molecule has 8 nitrogen and oxygen atoms in total. The molecule has 1 saturated carbocycles. The molecule has 1 aliphatic heterocycles. The molecule has 5 rings (SSSR count). The van der Waals surface area contributed by atoms with Crippen LogP contribution in [0.4, 0.5) is 0 Å². The maximum absolute atomic E-state index is 14.4. The van der Waals surface area contributed by atoms with Crippen LogP contribution in [0, 0.1) is 12.8 Å². The Labute approximate surface area is 245 Å². The van der Waals surface area contributed by atoms with E-state index in [0.717, 1.165) is 24.0 Å². The number of H-pyrrole nitrogens is 1. The fraction of sp³-hybridized carbons (Fsp3) is 0.483. The summed E-state index contributed by atoms with van der Waals surface area (Å²) in [5, 5.41) is 8.09. The molecule has 2 aromatic carbocycles. The van der Waals surface area contributed by atoms with Crippen molar-refractivity contribution in [3.63, 3.8) is 0 Å². The molecule has 1 N–H and O–H groups in total. The number of hydrogen-bond donors (Lipinski definition) is 1. The minimum atomic E-state index is -3.55. The SMILES string of the molecule is Cc1n[nH]c(C[C@@H]2O[C@H](c3cccc(Cl)c3)[C@@H](c3ccc(Cl)cc3)N([C@H](CS(=O)(=O)C(C)(C)C)C3CC3)C2=O)n1. The molecule has 1 amide bonds. The normalized spacial score (nSPS) is 22.9. The smallest absolute Gasteiger partial charge is 0.253 e. The van der Waals surface area contributed by atoms with E-state index in [2.05, 4.69) is 15.2 Å². The number of aryl methyl sites for hydroxylation is 1. The minimum absolute atomic E-state index is 0.0714. The van der Waals surface area contributed by atoms with E-state index in [0.29, 0.717) is 21.7 Å². The number of ether oxygens (including phenoxy) is 1. The van der Waals surface area contributed by atoms with Gasteiger partial charge in [-0.25, -0.2) is 13.4 Å². The van der Waals surface area contributed by atoms with E-state index in [1.54, 1.807) is 50.8 Å². The van der Waals surface area contributed by atoms with E-state index in [-0.39, 0.29) is 24.0 Å². The fourth-order valence-corrected chi connectivity index (χ4v) is 6.97. The molecule has 4 atom stereocenters. The van der Waals surface area contributed by atoms with Crippen LogP contribution in [0.1, 0.15) is 68.5 Å². The number of halogens is 2. The Morgan fingerprint density at radius 1 is 1.07 bits per heavy atom. The average molecular weight is 606 g/mol. The lowest BCUT2D eigenvalue weighted by Gasteiger charge is -2.48. The topological polar surface area (TPSA) is 105 Å². The lowest BCUT2D eigenvalue weighted by Crippen LogP contribution is -2.58. The summed E-state index contributed by atoms with van der Waals surface area (Å²) in [4.78, 5) is 20.6. The summed E-state index contributed by atoms with van der Waals surface area (Å²) in [5.74, 6) is 0.756. The van der Waals surface area contributed by atoms with Gasteiger partial charge in [0.05, 0.1) is 16.5 Å². The van der Waals surface area contributed by atoms with Crippen molar-refractivity contribution < 1.29 is 17.9 Å². The molecule has 2 fully saturated rings. The largest absolute Gasteiger partial charge is 0.357 e. The zero-order valence-corrected chi connectivity index (χ0v) is 25.3. The molecule has 1 aromatic heterocycles. The molecule has 0 unspecified atom stereocenters. The number of amides is 1. The van der Waals surface area contributed by atoms with Crippen LogP contribution >= 0.6 is 23.2 Å². The Kier molecular flexibility index (Phi) is 8.05. The number of morpholine rings is 1. The molecule has 1 saturated heterocycles. The Morgan fingerprint density at radius 2 is 1.77 bits per heavy atom. The van der Waals surface area contributed by atoms with Gasteiger partial charge in [-0.05, 0) is 81.8 Å². The van der Waals surface area contributed by atoms with Crippen molar-refractivity contribution in [2.24, 2.45) is 5.92 Å². The zero-order valence-electron chi connectivity index (χ0n) is 23.0. The third-order valence-corrected chi connectivity index (χ3v) is 10.8. The maximum atomic E-state index is 14.4. The summed E-state index contributed by atoms with van der Waals surface area (Å²) in [6.07, 6.45) is 0.361. The van der Waals surface area contributed by atoms with Gasteiger partial charge in [0, 0.05) is 22.5 Å². The van der Waals surface area contributed by atoms with Crippen molar-refractivity contribution in [1.82, 2.24) is 20.1 Å². The third kappa shape index (κ3) is 6.08. The molecule has 214 valence electrons. The molecule has 2 aliphatic rings. The lowest BCUT2D eigenvalue weighted by atomic mass is 9.89. The standard InChI is InChI=1S/C29H34Cl2N4O4S/c1-17-32-25(34-33-17)15-24-28(36)35(23(18-8-9-18)16-40(37,38)29(2,3)4)26(19-10-12-21(30)13-11-19)27(39-24)20-6-5-7-22(31)14-20/h5-7,10-14,18,23-24,26-27H,8-9,15-16H2,1-4H3,(H,32,33,34)/t23-,24+,26-,27-/m1/s1. The van der Waals surface area contributed by atoms with Gasteiger partial charge < -0.3 is 9.64 Å². The molecule has 3 aromatic rings. The number of hydrogen-bond acceptors (Lipinski definition) is 6. The van der Waals surface area contributed by atoms with E-state index in [9.17, 15) is 13.2 Å². The number of nitrogens with one attached hydrogen (secondary N) is 1. The van der Waals surface area contributed by atoms with Crippen molar-refractivity contribution in [3.8, 4) is 0 Å². The van der Waals surface area contributed by atoms with Crippen LogP contribution in [0.25, 0.3) is 0 Å². The van der Waals surface area contributed by atoms with Crippen LogP contribution in [-0.2, 0) is 25.8 Å². The second-order valence-electron chi connectivity index (χ2n) is 11.7. The molecule has 11 heteroatoms. The van der Waals surface area contributed by atoms with Crippen molar-refractivity contribution in [1.29, 1.82) is 0 Å². The van der Waals surface area contributed by atoms with E-state index in [1.807, 2.05) is 30.3 Å². The molecular weight excluding hydrogens is 571 g/mol. The highest BCUT2D eigenvalue weighted by molar-refractivity contribution is 7.92. The van der Waals surface area contributed by atoms with Gasteiger partial charge in [-0.3, -0.25) is 9.89 Å². The Balaban J connectivity index is 1.66. The van der Waals surface area contributed by atoms with Crippen molar-refractivity contribution in [2.75, 3.05) is 5.75 Å². The predicted molar refractivity (Wildman–Crippen MR) is 155 cm³/mol. The second-order valence-corrected chi connectivity index (χ2v) is 15.3. The molecule has 0 spiro atoms. The summed E-state index contributed by atoms with van der Waals surface area (Å²) in [5.41, 5.74) is 1.59. The highest BCUT2D eigenvalue weighted by atomic mass is 35.5. The number of sulfone groups is 1. The van der Waals surface area contributed by atoms with E-state index >= 15 is 0 Å². The minimum Gasteiger partial charge on any atom is -0.357 e. The lowest BCUT2D eigenvalue weighted by molar-refractivity contribution is -0.179. The van der Waals surface area contributed by atoms with Gasteiger partial charge in [-0.2, -0.15) is 5.10 Å². The summed E-state index contributed by atoms with van der Waals surface area (Å²) in [6, 6.07) is 13.5. The van der Waals surface area contributed by atoms with Gasteiger partial charge in [0.15, 0.2) is 9.84 Å². The van der Waals surface area contributed by atoms with Crippen molar-refractivity contribution >= 4 is 38.9 Å². The van der Waals surface area contributed by atoms with Crippen molar-refractivity contribution in [2.45, 2.75) is 76.0 Å². The van der Waals surface area contributed by atoms with E-state index < -0.39 is 38.9 Å². The summed E-state index contributed by atoms with van der Waals surface area (Å²) in [6.45, 7) is 6.87. The average Bonchev–Trinajstić information content (AvgIpc) is 3.65. The number of benzene rings is 2. The first-order valence-electron chi connectivity index (χ1n) is 13.4. The Hall–Kier alpha value is -2.46. The van der Waals surface area contributed by atoms with Crippen LogP contribution < -0.4 is 0 Å². The maximum Gasteiger partial charge on any atom is 0.253 e. The number of aromatic nitrogens is 3. The zero-order chi connectivity index (χ0) is 28.8. The van der Waals surface area contributed by atoms with Crippen molar-refractivity contribution in [3.05, 3.63) is 81.4 Å². The first-order chi connectivity index (χ1) is 18.8. The molecule has 40 heavy (non-hydrogen) atoms. The van der Waals surface area contributed by atoms with Crippen LogP contribution in [0.2, 0.25) is 10.0 Å². The molecule has 1 aliphatic carbocycles. The van der Waals surface area contributed by atoms with Crippen LogP contribution in [0.5, 0.6) is 0 Å². The van der Waals surface area contributed by atoms with Crippen LogP contribution in [0.3, 0.4) is 0 Å². The number of aromatic amines is 1. The first-order valence-corrected chi connectivity index (χ1v) is 15.8. The van der Waals surface area contributed by atoms with E-state index in [1.165, 1.54) is 0 Å². The predicted octanol–water partition coefficient (Wildman–Crippen LogP) is 5.66. The monoisotopic (exact) mass is 604 g/mol. The number of rotatable bonds is 8.